The van der Waals surface area contributed by atoms with E-state index in [0.717, 1.165) is 11.1 Å². The predicted molar refractivity (Wildman–Crippen MR) is 70.4 cm³/mol. The molecule has 0 N–H and O–H groups in total. The molecule has 1 aromatic heterocycles. The number of carbonyl (C=O) groups is 1. The molecular weight excluding hydrogens is 246 g/mol. The first-order valence-corrected chi connectivity index (χ1v) is 6.44. The monoisotopic (exact) mass is 257 g/mol. The van der Waals surface area contributed by atoms with Crippen LogP contribution in [0.2, 0.25) is 0 Å². The van der Waals surface area contributed by atoms with Crippen molar-refractivity contribution in [2.45, 2.75) is 6.92 Å². The topological polar surface area (TPSA) is 50.1 Å². The summed E-state index contributed by atoms with van der Waals surface area (Å²) in [6.45, 7) is 2.12. The van der Waals surface area contributed by atoms with Crippen LogP contribution in [0.25, 0.3) is 11.1 Å². The van der Waals surface area contributed by atoms with Gasteiger partial charge < -0.3 is 4.74 Å². The van der Waals surface area contributed by atoms with Crippen molar-refractivity contribution >= 4 is 17.3 Å². The van der Waals surface area contributed by atoms with Gasteiger partial charge in [0.05, 0.1) is 17.7 Å². The van der Waals surface area contributed by atoms with Gasteiger partial charge in [0.25, 0.3) is 0 Å². The Balaban J connectivity index is 2.39. The Bertz CT molecular complexity index is 610. The van der Waals surface area contributed by atoms with E-state index in [0.29, 0.717) is 17.7 Å². The maximum absolute atomic E-state index is 11.6. The first-order valence-electron chi connectivity index (χ1n) is 5.50. The van der Waals surface area contributed by atoms with Crippen LogP contribution in [0.3, 0.4) is 0 Å². The fraction of sp³-hybridized carbons (Fsp3) is 0.143. The number of ether oxygens (including phenoxy) is 1. The van der Waals surface area contributed by atoms with E-state index in [-0.39, 0.29) is 5.97 Å². The summed E-state index contributed by atoms with van der Waals surface area (Å²) in [4.78, 5) is 11.6. The minimum atomic E-state index is -0.340. The molecule has 2 aromatic rings. The molecule has 0 spiro atoms. The maximum Gasteiger partial charge on any atom is 0.338 e. The number of carbonyl (C=O) groups excluding carboxylic acids is 1. The lowest BCUT2D eigenvalue weighted by molar-refractivity contribution is 0.0526. The van der Waals surface area contributed by atoms with Crippen LogP contribution in [0.4, 0.5) is 0 Å². The van der Waals surface area contributed by atoms with Crippen molar-refractivity contribution in [3.8, 4) is 17.2 Å². The molecule has 3 nitrogen and oxygen atoms in total. The van der Waals surface area contributed by atoms with Crippen LogP contribution in [0.5, 0.6) is 0 Å². The number of nitrogens with zero attached hydrogens (tertiary/aromatic N) is 1. The highest BCUT2D eigenvalue weighted by molar-refractivity contribution is 7.08. The maximum atomic E-state index is 11.6. The van der Waals surface area contributed by atoms with Gasteiger partial charge in [-0.1, -0.05) is 12.1 Å². The highest BCUT2D eigenvalue weighted by atomic mass is 32.1. The van der Waals surface area contributed by atoms with Crippen LogP contribution in [0, 0.1) is 11.3 Å². The molecule has 1 heterocycles. The Morgan fingerprint density at radius 2 is 2.28 bits per heavy atom. The summed E-state index contributed by atoms with van der Waals surface area (Å²) in [7, 11) is 0. The van der Waals surface area contributed by atoms with Crippen LogP contribution < -0.4 is 0 Å². The van der Waals surface area contributed by atoms with Gasteiger partial charge in [-0.2, -0.15) is 16.6 Å². The van der Waals surface area contributed by atoms with E-state index in [1.807, 2.05) is 11.4 Å². The van der Waals surface area contributed by atoms with Crippen molar-refractivity contribution in [1.29, 1.82) is 5.26 Å². The molecule has 0 bridgehead atoms. The van der Waals surface area contributed by atoms with Crippen LogP contribution >= 0.6 is 11.3 Å². The summed E-state index contributed by atoms with van der Waals surface area (Å²) in [6, 6.07) is 9.27. The molecule has 0 aliphatic heterocycles. The summed E-state index contributed by atoms with van der Waals surface area (Å²) in [5, 5.41) is 12.7. The number of hydrogen-bond donors (Lipinski definition) is 0. The Labute approximate surface area is 109 Å². The lowest BCUT2D eigenvalue weighted by Crippen LogP contribution is -2.04. The molecule has 4 heteroatoms. The Hall–Kier alpha value is -2.12. The average Bonchev–Trinajstić information content (AvgIpc) is 2.87. The van der Waals surface area contributed by atoms with E-state index in [2.05, 4.69) is 6.07 Å². The van der Waals surface area contributed by atoms with E-state index in [9.17, 15) is 4.79 Å². The zero-order chi connectivity index (χ0) is 13.0. The van der Waals surface area contributed by atoms with Gasteiger partial charge in [0, 0.05) is 10.9 Å². The van der Waals surface area contributed by atoms with Gasteiger partial charge in [0.1, 0.15) is 6.07 Å². The number of esters is 1. The Morgan fingerprint density at radius 1 is 1.44 bits per heavy atom. The molecule has 1 aromatic carbocycles. The SMILES string of the molecule is CCOC(=O)c1cccc(-c2cscc2C#N)c1. The van der Waals surface area contributed by atoms with Crippen LogP contribution in [0.15, 0.2) is 35.0 Å². The van der Waals surface area contributed by atoms with Crippen molar-refractivity contribution in [1.82, 2.24) is 0 Å². The molecule has 0 saturated heterocycles. The molecule has 90 valence electrons. The molecule has 0 aliphatic carbocycles. The lowest BCUT2D eigenvalue weighted by atomic mass is 10.0. The van der Waals surface area contributed by atoms with Crippen LogP contribution in [-0.2, 0) is 4.74 Å². The summed E-state index contributed by atoms with van der Waals surface area (Å²) in [5.74, 6) is -0.340. The Kier molecular flexibility index (Phi) is 3.75. The van der Waals surface area contributed by atoms with Gasteiger partial charge in [-0.05, 0) is 30.0 Å². The van der Waals surface area contributed by atoms with Gasteiger partial charge in [-0.15, -0.1) is 0 Å². The van der Waals surface area contributed by atoms with Gasteiger partial charge in [-0.3, -0.25) is 0 Å². The second-order valence-corrected chi connectivity index (χ2v) is 4.36. The van der Waals surface area contributed by atoms with E-state index in [1.165, 1.54) is 11.3 Å². The number of thiophene rings is 1. The third-order valence-electron chi connectivity index (χ3n) is 2.47. The van der Waals surface area contributed by atoms with Gasteiger partial charge in [0.15, 0.2) is 0 Å². The fourth-order valence-corrected chi connectivity index (χ4v) is 2.42. The summed E-state index contributed by atoms with van der Waals surface area (Å²) >= 11 is 1.47. The summed E-state index contributed by atoms with van der Waals surface area (Å²) in [6.07, 6.45) is 0. The average molecular weight is 257 g/mol. The predicted octanol–water partition coefficient (Wildman–Crippen LogP) is 3.46. The van der Waals surface area contributed by atoms with Gasteiger partial charge >= 0.3 is 5.97 Å². The first-order chi connectivity index (χ1) is 8.76. The minimum absolute atomic E-state index is 0.340. The summed E-state index contributed by atoms with van der Waals surface area (Å²) in [5.41, 5.74) is 2.84. The molecule has 0 saturated carbocycles. The molecule has 0 amide bonds. The number of hydrogen-bond acceptors (Lipinski definition) is 4. The largest absolute Gasteiger partial charge is 0.462 e. The molecule has 0 fully saturated rings. The minimum Gasteiger partial charge on any atom is -0.462 e. The molecule has 0 unspecified atom stereocenters. The molecule has 2 rings (SSSR count). The number of benzene rings is 1. The molecule has 0 radical (unpaired) electrons. The van der Waals surface area contributed by atoms with Crippen molar-refractivity contribution in [2.75, 3.05) is 6.61 Å². The quantitative estimate of drug-likeness (QED) is 0.791. The second-order valence-electron chi connectivity index (χ2n) is 3.61. The number of nitriles is 1. The Morgan fingerprint density at radius 3 is 3.00 bits per heavy atom. The third kappa shape index (κ3) is 2.41. The van der Waals surface area contributed by atoms with Crippen LogP contribution in [-0.4, -0.2) is 12.6 Å². The van der Waals surface area contributed by atoms with Crippen molar-refractivity contribution in [3.05, 3.63) is 46.2 Å². The van der Waals surface area contributed by atoms with Crippen molar-refractivity contribution in [3.63, 3.8) is 0 Å². The highest BCUT2D eigenvalue weighted by Gasteiger charge is 2.10. The first kappa shape index (κ1) is 12.3. The lowest BCUT2D eigenvalue weighted by Gasteiger charge is -2.04. The molecular formula is C14H11NO2S. The highest BCUT2D eigenvalue weighted by Crippen LogP contribution is 2.27. The fourth-order valence-electron chi connectivity index (χ4n) is 1.64. The van der Waals surface area contributed by atoms with Crippen LogP contribution in [0.1, 0.15) is 22.8 Å². The normalized spacial score (nSPS) is 9.78. The van der Waals surface area contributed by atoms with Crippen molar-refractivity contribution in [2.24, 2.45) is 0 Å². The van der Waals surface area contributed by atoms with Gasteiger partial charge in [-0.25, -0.2) is 4.79 Å². The number of rotatable bonds is 3. The summed E-state index contributed by atoms with van der Waals surface area (Å²) < 4.78 is 4.96. The second kappa shape index (κ2) is 5.48. The van der Waals surface area contributed by atoms with E-state index in [4.69, 9.17) is 10.00 Å². The van der Waals surface area contributed by atoms with E-state index >= 15 is 0 Å². The zero-order valence-electron chi connectivity index (χ0n) is 9.84. The molecule has 0 atom stereocenters. The molecule has 18 heavy (non-hydrogen) atoms. The standard InChI is InChI=1S/C14H11NO2S/c1-2-17-14(16)11-5-3-4-10(6-11)13-9-18-8-12(13)7-15/h3-6,8-9H,2H2,1H3. The van der Waals surface area contributed by atoms with E-state index < -0.39 is 0 Å². The van der Waals surface area contributed by atoms with Gasteiger partial charge in [0.2, 0.25) is 0 Å². The van der Waals surface area contributed by atoms with Crippen molar-refractivity contribution < 1.29 is 9.53 Å². The molecule has 0 aliphatic rings. The zero-order valence-corrected chi connectivity index (χ0v) is 10.7. The van der Waals surface area contributed by atoms with E-state index in [1.54, 1.807) is 30.5 Å². The third-order valence-corrected chi connectivity index (χ3v) is 3.21. The smallest absolute Gasteiger partial charge is 0.338 e.